The summed E-state index contributed by atoms with van der Waals surface area (Å²) in [5.41, 5.74) is -2.70. The number of amides is 3. The molecule has 1 atom stereocenters. The molecule has 22 heavy (non-hydrogen) atoms. The maximum Gasteiger partial charge on any atom is 0.416 e. The minimum atomic E-state index is -4.54. The molecule has 1 unspecified atom stereocenters. The van der Waals surface area contributed by atoms with Crippen molar-refractivity contribution in [3.63, 3.8) is 0 Å². The minimum Gasteiger partial charge on any atom is -0.384 e. The summed E-state index contributed by atoms with van der Waals surface area (Å²) in [7, 11) is 1.43. The van der Waals surface area contributed by atoms with Gasteiger partial charge in [-0.3, -0.25) is 9.69 Å². The number of aliphatic hydroxyl groups is 1. The van der Waals surface area contributed by atoms with Crippen LogP contribution < -0.4 is 0 Å². The number of likely N-dealkylation sites (N-methyl/N-ethyl adjacent to an activating group) is 1. The number of benzene rings is 1. The van der Waals surface area contributed by atoms with Crippen LogP contribution in [-0.4, -0.2) is 47.0 Å². The molecule has 0 saturated carbocycles. The highest BCUT2D eigenvalue weighted by Gasteiger charge is 2.39. The van der Waals surface area contributed by atoms with Gasteiger partial charge in [-0.2, -0.15) is 13.2 Å². The maximum absolute atomic E-state index is 12.7. The first-order chi connectivity index (χ1) is 10.0. The number of alkyl halides is 3. The van der Waals surface area contributed by atoms with Crippen LogP contribution in [0.15, 0.2) is 24.3 Å². The molecule has 1 fully saturated rings. The molecule has 1 N–H and O–H groups in total. The molecule has 0 spiro atoms. The van der Waals surface area contributed by atoms with Gasteiger partial charge in [0.25, 0.3) is 0 Å². The summed E-state index contributed by atoms with van der Waals surface area (Å²) < 4.78 is 38.2. The molecular weight excluding hydrogens is 301 g/mol. The standard InChI is InChI=1S/C14H15F3N2O3/c1-13(22,8-19-11(20)7-18(2)12(19)21)9-4-3-5-10(6-9)14(15,16)17/h3-6,22H,7-8H2,1-2H3. The third-order valence-electron chi connectivity index (χ3n) is 3.51. The second-order valence-corrected chi connectivity index (χ2v) is 5.47. The molecule has 5 nitrogen and oxygen atoms in total. The predicted molar refractivity (Wildman–Crippen MR) is 70.8 cm³/mol. The van der Waals surface area contributed by atoms with E-state index in [1.807, 2.05) is 0 Å². The number of carbonyl (C=O) groups excluding carboxylic acids is 2. The van der Waals surface area contributed by atoms with Crippen molar-refractivity contribution in [2.45, 2.75) is 18.7 Å². The molecular formula is C14H15F3N2O3. The van der Waals surface area contributed by atoms with E-state index in [1.54, 1.807) is 0 Å². The number of carbonyl (C=O) groups is 2. The van der Waals surface area contributed by atoms with Crippen molar-refractivity contribution < 1.29 is 27.9 Å². The van der Waals surface area contributed by atoms with Crippen LogP contribution in [0, 0.1) is 0 Å². The number of nitrogens with zero attached hydrogens (tertiary/aromatic N) is 2. The van der Waals surface area contributed by atoms with E-state index < -0.39 is 35.8 Å². The monoisotopic (exact) mass is 316 g/mol. The van der Waals surface area contributed by atoms with Crippen LogP contribution in [0.4, 0.5) is 18.0 Å². The van der Waals surface area contributed by atoms with E-state index in [2.05, 4.69) is 0 Å². The lowest BCUT2D eigenvalue weighted by atomic mass is 9.93. The number of halogens is 3. The molecule has 8 heteroatoms. The molecule has 1 aromatic rings. The lowest BCUT2D eigenvalue weighted by molar-refractivity contribution is -0.138. The van der Waals surface area contributed by atoms with Crippen LogP contribution in [0.25, 0.3) is 0 Å². The minimum absolute atomic E-state index is 0.0162. The average Bonchev–Trinajstić information content (AvgIpc) is 2.64. The number of β-amino-alcohol motifs (C(OH)–C–C–N with tert-alkyl or cyclic N) is 1. The molecule has 0 radical (unpaired) electrons. The largest absolute Gasteiger partial charge is 0.416 e. The summed E-state index contributed by atoms with van der Waals surface area (Å²) in [6.45, 7) is 0.745. The van der Waals surface area contributed by atoms with Crippen molar-refractivity contribution >= 4 is 11.9 Å². The van der Waals surface area contributed by atoms with E-state index in [0.29, 0.717) is 0 Å². The first-order valence-electron chi connectivity index (χ1n) is 6.48. The highest BCUT2D eigenvalue weighted by molar-refractivity contribution is 6.01. The Morgan fingerprint density at radius 1 is 1.23 bits per heavy atom. The fraction of sp³-hybridized carbons (Fsp3) is 0.429. The molecule has 0 aliphatic carbocycles. The fourth-order valence-electron chi connectivity index (χ4n) is 2.25. The van der Waals surface area contributed by atoms with Gasteiger partial charge in [0.2, 0.25) is 5.91 Å². The van der Waals surface area contributed by atoms with Gasteiger partial charge in [-0.25, -0.2) is 4.79 Å². The SMILES string of the molecule is CN1CC(=O)N(CC(C)(O)c2cccc(C(F)(F)F)c2)C1=O. The number of hydrogen-bond donors (Lipinski definition) is 1. The lowest BCUT2D eigenvalue weighted by Crippen LogP contribution is -2.42. The van der Waals surface area contributed by atoms with Gasteiger partial charge in [-0.15, -0.1) is 0 Å². The predicted octanol–water partition coefficient (Wildman–Crippen LogP) is 1.81. The van der Waals surface area contributed by atoms with Crippen LogP contribution in [0.1, 0.15) is 18.1 Å². The van der Waals surface area contributed by atoms with E-state index in [9.17, 15) is 27.9 Å². The zero-order valence-corrected chi connectivity index (χ0v) is 12.0. The summed E-state index contributed by atoms with van der Waals surface area (Å²) in [5.74, 6) is -0.500. The lowest BCUT2D eigenvalue weighted by Gasteiger charge is -2.28. The third-order valence-corrected chi connectivity index (χ3v) is 3.51. The van der Waals surface area contributed by atoms with Crippen LogP contribution in [0.2, 0.25) is 0 Å². The second kappa shape index (κ2) is 5.28. The molecule has 2 rings (SSSR count). The van der Waals surface area contributed by atoms with E-state index in [-0.39, 0.29) is 12.1 Å². The van der Waals surface area contributed by atoms with Gasteiger partial charge in [0.05, 0.1) is 12.1 Å². The first kappa shape index (κ1) is 16.3. The fourth-order valence-corrected chi connectivity index (χ4v) is 2.25. The van der Waals surface area contributed by atoms with Crippen molar-refractivity contribution in [2.75, 3.05) is 20.1 Å². The molecule has 3 amide bonds. The Bertz CT molecular complexity index is 614. The third kappa shape index (κ3) is 3.06. The smallest absolute Gasteiger partial charge is 0.384 e. The number of urea groups is 1. The van der Waals surface area contributed by atoms with Gasteiger partial charge in [0, 0.05) is 7.05 Å². The number of rotatable bonds is 3. The zero-order chi connectivity index (χ0) is 16.7. The summed E-state index contributed by atoms with van der Waals surface area (Å²) in [5, 5.41) is 10.4. The van der Waals surface area contributed by atoms with Gasteiger partial charge < -0.3 is 10.0 Å². The van der Waals surface area contributed by atoms with Gasteiger partial charge >= 0.3 is 12.2 Å². The molecule has 1 aliphatic rings. The quantitative estimate of drug-likeness (QED) is 0.865. The molecule has 0 bridgehead atoms. The van der Waals surface area contributed by atoms with Gasteiger partial charge in [0.1, 0.15) is 12.1 Å². The van der Waals surface area contributed by atoms with Gasteiger partial charge in [0.15, 0.2) is 0 Å². The van der Waals surface area contributed by atoms with Crippen molar-refractivity contribution in [3.05, 3.63) is 35.4 Å². The van der Waals surface area contributed by atoms with E-state index >= 15 is 0 Å². The van der Waals surface area contributed by atoms with Crippen molar-refractivity contribution in [1.82, 2.24) is 9.80 Å². The second-order valence-electron chi connectivity index (χ2n) is 5.47. The van der Waals surface area contributed by atoms with Crippen molar-refractivity contribution in [3.8, 4) is 0 Å². The highest BCUT2D eigenvalue weighted by atomic mass is 19.4. The Labute approximate surface area is 124 Å². The zero-order valence-electron chi connectivity index (χ0n) is 12.0. The number of hydrogen-bond acceptors (Lipinski definition) is 3. The van der Waals surface area contributed by atoms with Crippen LogP contribution in [-0.2, 0) is 16.6 Å². The van der Waals surface area contributed by atoms with Crippen molar-refractivity contribution in [1.29, 1.82) is 0 Å². The summed E-state index contributed by atoms with van der Waals surface area (Å²) >= 11 is 0. The topological polar surface area (TPSA) is 60.9 Å². The first-order valence-corrected chi connectivity index (χ1v) is 6.48. The summed E-state index contributed by atoms with van der Waals surface area (Å²) in [4.78, 5) is 25.5. The normalized spacial score (nSPS) is 18.8. The molecule has 120 valence electrons. The van der Waals surface area contributed by atoms with Gasteiger partial charge in [-0.05, 0) is 24.6 Å². The molecule has 0 aromatic heterocycles. The van der Waals surface area contributed by atoms with E-state index in [4.69, 9.17) is 0 Å². The van der Waals surface area contributed by atoms with Crippen LogP contribution >= 0.6 is 0 Å². The maximum atomic E-state index is 12.7. The summed E-state index contributed by atoms with van der Waals surface area (Å²) in [6.07, 6.45) is -4.54. The van der Waals surface area contributed by atoms with E-state index in [0.717, 1.165) is 17.0 Å². The Kier molecular flexibility index (Phi) is 3.90. The Balaban J connectivity index is 2.27. The Morgan fingerprint density at radius 2 is 1.82 bits per heavy atom. The highest BCUT2D eigenvalue weighted by Crippen LogP contribution is 2.32. The van der Waals surface area contributed by atoms with Crippen LogP contribution in [0.3, 0.4) is 0 Å². The van der Waals surface area contributed by atoms with Gasteiger partial charge in [-0.1, -0.05) is 12.1 Å². The van der Waals surface area contributed by atoms with Crippen LogP contribution in [0.5, 0.6) is 0 Å². The average molecular weight is 316 g/mol. The number of imide groups is 1. The molecule has 1 saturated heterocycles. The van der Waals surface area contributed by atoms with Crippen molar-refractivity contribution in [2.24, 2.45) is 0 Å². The molecule has 1 heterocycles. The molecule has 1 aliphatic heterocycles. The van der Waals surface area contributed by atoms with E-state index in [1.165, 1.54) is 31.0 Å². The molecule has 1 aromatic carbocycles. The Morgan fingerprint density at radius 3 is 2.32 bits per heavy atom. The summed E-state index contributed by atoms with van der Waals surface area (Å²) in [6, 6.07) is 3.61. The Hall–Kier alpha value is -2.09.